The summed E-state index contributed by atoms with van der Waals surface area (Å²) in [6, 6.07) is 0. The van der Waals surface area contributed by atoms with E-state index in [0.29, 0.717) is 5.92 Å². The highest BCUT2D eigenvalue weighted by Crippen LogP contribution is 2.61. The van der Waals surface area contributed by atoms with Gasteiger partial charge in [-0.05, 0) is 55.8 Å². The summed E-state index contributed by atoms with van der Waals surface area (Å²) in [6.45, 7) is 30.0. The molecule has 5 atom stereocenters. The minimum Gasteiger partial charge on any atom is -0.413 e. The highest BCUT2D eigenvalue weighted by atomic mass is 31.2. The molecule has 0 unspecified atom stereocenters. The molecular formula is C32H68O2PSi+. The summed E-state index contributed by atoms with van der Waals surface area (Å²) in [5, 5.41) is 11.7. The smallest absolute Gasteiger partial charge is 0.192 e. The summed E-state index contributed by atoms with van der Waals surface area (Å²) >= 11 is 0. The maximum absolute atomic E-state index is 11.6. The molecule has 36 heavy (non-hydrogen) atoms. The van der Waals surface area contributed by atoms with Crippen LogP contribution in [0.25, 0.3) is 0 Å². The zero-order valence-corrected chi connectivity index (χ0v) is 28.9. The molecule has 0 aliphatic rings. The average Bonchev–Trinajstić information content (AvgIpc) is 2.80. The first-order valence-corrected chi connectivity index (χ1v) is 20.9. The van der Waals surface area contributed by atoms with Gasteiger partial charge in [0.05, 0.1) is 36.9 Å². The summed E-state index contributed by atoms with van der Waals surface area (Å²) in [7, 11) is -2.88. The number of aliphatic hydroxyl groups is 1. The molecule has 4 heteroatoms. The Labute approximate surface area is 230 Å². The van der Waals surface area contributed by atoms with Crippen molar-refractivity contribution in [1.29, 1.82) is 0 Å². The number of rotatable bonds is 19. The van der Waals surface area contributed by atoms with E-state index in [1.54, 1.807) is 0 Å². The van der Waals surface area contributed by atoms with Gasteiger partial charge in [0.2, 0.25) is 0 Å². The van der Waals surface area contributed by atoms with Crippen molar-refractivity contribution in [2.24, 2.45) is 17.8 Å². The fourth-order valence-corrected chi connectivity index (χ4v) is 12.1. The van der Waals surface area contributed by atoms with Gasteiger partial charge in [-0.3, -0.25) is 0 Å². The van der Waals surface area contributed by atoms with Gasteiger partial charge in [-0.15, -0.1) is 0 Å². The largest absolute Gasteiger partial charge is 0.413 e. The zero-order valence-electron chi connectivity index (χ0n) is 27.0. The van der Waals surface area contributed by atoms with E-state index in [0.717, 1.165) is 6.42 Å². The zero-order chi connectivity index (χ0) is 28.2. The molecule has 1 N–H and O–H groups in total. The van der Waals surface area contributed by atoms with Crippen molar-refractivity contribution in [3.63, 3.8) is 0 Å². The molecule has 0 aliphatic heterocycles. The van der Waals surface area contributed by atoms with E-state index in [1.165, 1.54) is 68.7 Å². The van der Waals surface area contributed by atoms with Gasteiger partial charge in [0.25, 0.3) is 0 Å². The molecule has 0 aromatic carbocycles. The standard InChI is InChI=1S/C32H68O2PSi/c1-14-18-21-35(22-19-15-2,23-20-16-3)25-26(5)24-28(7)30(33)29(8)31(27(6)17-4)34-36(12,13)32(9,10)11/h24,27-31,33H,14-23,25H2,1-13H3/q+1/b26-24+/t27-,28+,29+,30-,31+/m0/s1. The predicted molar refractivity (Wildman–Crippen MR) is 171 cm³/mol. The molecular weight excluding hydrogens is 475 g/mol. The van der Waals surface area contributed by atoms with Crippen molar-refractivity contribution >= 4 is 15.6 Å². The molecule has 0 saturated heterocycles. The van der Waals surface area contributed by atoms with Crippen LogP contribution < -0.4 is 0 Å². The van der Waals surface area contributed by atoms with Gasteiger partial charge in [0.1, 0.15) is 0 Å². The number of allylic oxidation sites excluding steroid dienone is 1. The van der Waals surface area contributed by atoms with Crippen LogP contribution in [0, 0.1) is 17.8 Å². The lowest BCUT2D eigenvalue weighted by Gasteiger charge is -2.44. The number of aliphatic hydroxyl groups excluding tert-OH is 1. The summed E-state index contributed by atoms with van der Waals surface area (Å²) < 4.78 is 6.97. The van der Waals surface area contributed by atoms with Crippen molar-refractivity contribution in [2.75, 3.05) is 24.6 Å². The maximum atomic E-state index is 11.6. The number of hydrogen-bond acceptors (Lipinski definition) is 2. The third-order valence-corrected chi connectivity index (χ3v) is 18.6. The Kier molecular flexibility index (Phi) is 17.2. The van der Waals surface area contributed by atoms with Crippen molar-refractivity contribution in [3.05, 3.63) is 11.6 Å². The second-order valence-corrected chi connectivity index (χ2v) is 22.8. The highest BCUT2D eigenvalue weighted by molar-refractivity contribution is 7.76. The lowest BCUT2D eigenvalue weighted by atomic mass is 9.83. The molecule has 216 valence electrons. The molecule has 0 fully saturated rings. The second-order valence-electron chi connectivity index (χ2n) is 13.7. The van der Waals surface area contributed by atoms with Gasteiger partial charge in [-0.25, -0.2) is 0 Å². The van der Waals surface area contributed by atoms with Crippen molar-refractivity contribution in [1.82, 2.24) is 0 Å². The van der Waals surface area contributed by atoms with E-state index in [9.17, 15) is 5.11 Å². The first-order valence-electron chi connectivity index (χ1n) is 15.5. The van der Waals surface area contributed by atoms with Gasteiger partial charge in [0.15, 0.2) is 8.32 Å². The molecule has 0 radical (unpaired) electrons. The van der Waals surface area contributed by atoms with Crippen LogP contribution in [0.2, 0.25) is 18.1 Å². The Balaban J connectivity index is 5.78. The van der Waals surface area contributed by atoms with Crippen LogP contribution in [0.1, 0.15) is 121 Å². The summed E-state index contributed by atoms with van der Waals surface area (Å²) in [5.41, 5.74) is 1.52. The van der Waals surface area contributed by atoms with Gasteiger partial charge in [-0.1, -0.05) is 101 Å². The lowest BCUT2D eigenvalue weighted by Crippen LogP contribution is -2.49. The van der Waals surface area contributed by atoms with Gasteiger partial charge >= 0.3 is 0 Å². The fourth-order valence-electron chi connectivity index (χ4n) is 5.35. The molecule has 0 aliphatic carbocycles. The van der Waals surface area contributed by atoms with Crippen molar-refractivity contribution in [2.45, 2.75) is 151 Å². The number of unbranched alkanes of at least 4 members (excludes halogenated alkanes) is 3. The van der Waals surface area contributed by atoms with Crippen LogP contribution >= 0.6 is 7.26 Å². The lowest BCUT2D eigenvalue weighted by molar-refractivity contribution is -0.0142. The minimum atomic E-state index is -1.91. The third-order valence-electron chi connectivity index (χ3n) is 9.13. The van der Waals surface area contributed by atoms with Crippen molar-refractivity contribution in [3.8, 4) is 0 Å². The van der Waals surface area contributed by atoms with Crippen LogP contribution in [0.5, 0.6) is 0 Å². The molecule has 0 aromatic rings. The predicted octanol–water partition coefficient (Wildman–Crippen LogP) is 10.4. The van der Waals surface area contributed by atoms with E-state index in [1.807, 2.05) is 0 Å². The Morgan fingerprint density at radius 1 is 0.889 bits per heavy atom. The molecule has 0 heterocycles. The summed E-state index contributed by atoms with van der Waals surface area (Å²) in [5.74, 6) is 0.713. The first-order chi connectivity index (χ1) is 16.6. The Morgan fingerprint density at radius 2 is 1.33 bits per heavy atom. The fraction of sp³-hybridized carbons (Fsp3) is 0.938. The minimum absolute atomic E-state index is 0.104. The maximum Gasteiger partial charge on any atom is 0.192 e. The van der Waals surface area contributed by atoms with E-state index < -0.39 is 15.6 Å². The SMILES string of the molecule is CCCC[P+](CCCC)(CCCC)C/C(C)=C/[C@@H](C)[C@H](O)[C@@H](C)[C@H](O[Si](C)(C)C(C)(C)C)[C@@H](C)CC. The molecule has 0 bridgehead atoms. The summed E-state index contributed by atoms with van der Waals surface area (Å²) in [6.07, 6.45) is 17.0. The first kappa shape index (κ1) is 36.3. The average molecular weight is 544 g/mol. The summed E-state index contributed by atoms with van der Waals surface area (Å²) in [4.78, 5) is 0. The third kappa shape index (κ3) is 12.0. The monoisotopic (exact) mass is 543 g/mol. The molecule has 0 rings (SSSR count). The van der Waals surface area contributed by atoms with Crippen LogP contribution in [0.3, 0.4) is 0 Å². The molecule has 0 saturated carbocycles. The van der Waals surface area contributed by atoms with Gasteiger partial charge in [0, 0.05) is 19.1 Å². The quantitative estimate of drug-likeness (QED) is 0.0997. The van der Waals surface area contributed by atoms with E-state index in [-0.39, 0.29) is 29.1 Å². The Bertz CT molecular complexity index is 588. The van der Waals surface area contributed by atoms with Gasteiger partial charge < -0.3 is 9.53 Å². The van der Waals surface area contributed by atoms with E-state index in [4.69, 9.17) is 4.43 Å². The van der Waals surface area contributed by atoms with Crippen molar-refractivity contribution < 1.29 is 9.53 Å². The second kappa shape index (κ2) is 17.1. The van der Waals surface area contributed by atoms with E-state index >= 15 is 0 Å². The van der Waals surface area contributed by atoms with Gasteiger partial charge in [-0.2, -0.15) is 0 Å². The van der Waals surface area contributed by atoms with E-state index in [2.05, 4.69) is 95.3 Å². The van der Waals surface area contributed by atoms with Crippen LogP contribution in [0.4, 0.5) is 0 Å². The Morgan fingerprint density at radius 3 is 1.69 bits per heavy atom. The Hall–Kier alpha value is 0.307. The topological polar surface area (TPSA) is 29.5 Å². The highest BCUT2D eigenvalue weighted by Gasteiger charge is 2.43. The molecule has 0 aromatic heterocycles. The number of hydrogen-bond donors (Lipinski definition) is 1. The normalized spacial score (nSPS) is 18.1. The van der Waals surface area contributed by atoms with Crippen LogP contribution in [-0.2, 0) is 4.43 Å². The molecule has 0 spiro atoms. The molecule has 2 nitrogen and oxygen atoms in total. The van der Waals surface area contributed by atoms with Crippen LogP contribution in [-0.4, -0.2) is 50.3 Å². The molecule has 0 amide bonds. The van der Waals surface area contributed by atoms with Crippen LogP contribution in [0.15, 0.2) is 11.6 Å².